The number of sulfonamides is 1. The van der Waals surface area contributed by atoms with Crippen molar-refractivity contribution in [3.63, 3.8) is 0 Å². The van der Waals surface area contributed by atoms with Crippen LogP contribution in [0.5, 0.6) is 5.75 Å². The van der Waals surface area contributed by atoms with Gasteiger partial charge >= 0.3 is 0 Å². The molecule has 0 radical (unpaired) electrons. The summed E-state index contributed by atoms with van der Waals surface area (Å²) in [6, 6.07) is 20.3. The maximum Gasteiger partial charge on any atom is 0.261 e. The molecule has 0 atom stereocenters. The monoisotopic (exact) mass is 549 g/mol. The quantitative estimate of drug-likeness (QED) is 0.323. The van der Waals surface area contributed by atoms with Crippen LogP contribution >= 0.6 is 0 Å². The van der Waals surface area contributed by atoms with Gasteiger partial charge in [-0.15, -0.1) is 0 Å². The van der Waals surface area contributed by atoms with Gasteiger partial charge in [-0.25, -0.2) is 8.42 Å². The van der Waals surface area contributed by atoms with E-state index in [-0.39, 0.29) is 10.8 Å². The minimum atomic E-state index is -3.84. The normalized spacial score (nSPS) is 13.8. The Labute approximate surface area is 232 Å². The first-order valence-corrected chi connectivity index (χ1v) is 15.3. The second kappa shape index (κ2) is 13.0. The molecule has 1 heterocycles. The Kier molecular flexibility index (Phi) is 9.51. The number of nitrogens with one attached hydrogen (secondary N) is 1. The molecule has 1 saturated heterocycles. The summed E-state index contributed by atoms with van der Waals surface area (Å²) in [5.41, 5.74) is 3.95. The lowest BCUT2D eigenvalue weighted by atomic mass is 10.1. The number of piperazine rings is 1. The van der Waals surface area contributed by atoms with E-state index in [2.05, 4.69) is 23.5 Å². The van der Waals surface area contributed by atoms with Gasteiger partial charge in [-0.2, -0.15) is 0 Å². The van der Waals surface area contributed by atoms with Crippen molar-refractivity contribution in [2.75, 3.05) is 42.4 Å². The second-order valence-electron chi connectivity index (χ2n) is 10.0. The number of hydrogen-bond donors (Lipinski definition) is 1. The summed E-state index contributed by atoms with van der Waals surface area (Å²) in [6.45, 7) is 9.29. The number of rotatable bonds is 11. The van der Waals surface area contributed by atoms with Gasteiger partial charge in [0.2, 0.25) is 0 Å². The van der Waals surface area contributed by atoms with Gasteiger partial charge in [0.1, 0.15) is 5.75 Å². The van der Waals surface area contributed by atoms with E-state index < -0.39 is 10.0 Å². The second-order valence-corrected chi connectivity index (χ2v) is 11.7. The molecule has 0 aromatic heterocycles. The number of nitrogens with zero attached hydrogens (tertiary/aromatic N) is 2. The fraction of sp³-hybridized carbons (Fsp3) is 0.387. The molecule has 39 heavy (non-hydrogen) atoms. The molecular formula is C31H39N3O4S. The zero-order valence-electron chi connectivity index (χ0n) is 23.2. The Bertz CT molecular complexity index is 1350. The van der Waals surface area contributed by atoms with Gasteiger partial charge in [0.15, 0.2) is 0 Å². The summed E-state index contributed by atoms with van der Waals surface area (Å²) in [5, 5.41) is 0. The summed E-state index contributed by atoms with van der Waals surface area (Å²) < 4.78 is 34.6. The Balaban J connectivity index is 1.40. The van der Waals surface area contributed by atoms with Crippen LogP contribution in [0.4, 0.5) is 11.4 Å². The standard InChI is InChI=1S/C31H39N3O4S/c1-4-6-7-25-9-11-26(12-10-25)32-39(36,37)29-17-8-24(3)30(23-29)31(35)34-20-18-33(19-21-34)27-13-15-28(16-14-27)38-22-5-2/h8-17,23,32H,4-7,18-22H2,1-3H3. The molecule has 0 bridgehead atoms. The van der Waals surface area contributed by atoms with Gasteiger partial charge in [-0.1, -0.05) is 38.5 Å². The van der Waals surface area contributed by atoms with Gasteiger partial charge < -0.3 is 14.5 Å². The molecule has 8 heteroatoms. The van der Waals surface area contributed by atoms with Gasteiger partial charge in [0.05, 0.1) is 11.5 Å². The van der Waals surface area contributed by atoms with Crippen LogP contribution in [0.3, 0.4) is 0 Å². The van der Waals surface area contributed by atoms with E-state index in [1.165, 1.54) is 11.6 Å². The van der Waals surface area contributed by atoms with E-state index in [9.17, 15) is 13.2 Å². The van der Waals surface area contributed by atoms with E-state index in [4.69, 9.17) is 4.74 Å². The van der Waals surface area contributed by atoms with Crippen LogP contribution in [0.2, 0.25) is 0 Å². The lowest BCUT2D eigenvalue weighted by Gasteiger charge is -2.36. The number of unbranched alkanes of at least 4 members (excludes halogenated alkanes) is 1. The maximum absolute atomic E-state index is 13.4. The van der Waals surface area contributed by atoms with Gasteiger partial charge in [-0.05, 0) is 85.8 Å². The van der Waals surface area contributed by atoms with E-state index in [0.29, 0.717) is 44.0 Å². The zero-order chi connectivity index (χ0) is 27.8. The first kappa shape index (κ1) is 28.5. The fourth-order valence-corrected chi connectivity index (χ4v) is 5.73. The topological polar surface area (TPSA) is 79.0 Å². The summed E-state index contributed by atoms with van der Waals surface area (Å²) >= 11 is 0. The Hall–Kier alpha value is -3.52. The number of aryl methyl sites for hydroxylation is 2. The molecule has 1 fully saturated rings. The number of amides is 1. The first-order valence-electron chi connectivity index (χ1n) is 13.8. The van der Waals surface area contributed by atoms with E-state index in [0.717, 1.165) is 42.7 Å². The molecule has 0 aliphatic carbocycles. The first-order chi connectivity index (χ1) is 18.8. The highest BCUT2D eigenvalue weighted by Crippen LogP contribution is 2.24. The van der Waals surface area contributed by atoms with Crippen LogP contribution in [0.1, 0.15) is 54.6 Å². The number of benzene rings is 3. The highest BCUT2D eigenvalue weighted by molar-refractivity contribution is 7.92. The molecule has 0 saturated carbocycles. The molecule has 208 valence electrons. The van der Waals surface area contributed by atoms with Gasteiger partial charge in [0, 0.05) is 43.1 Å². The Morgan fingerprint density at radius 1 is 0.897 bits per heavy atom. The summed E-state index contributed by atoms with van der Waals surface area (Å²) in [4.78, 5) is 17.6. The van der Waals surface area contributed by atoms with Crippen LogP contribution in [-0.4, -0.2) is 52.0 Å². The molecule has 1 N–H and O–H groups in total. The minimum absolute atomic E-state index is 0.0792. The Morgan fingerprint density at radius 2 is 1.59 bits per heavy atom. The molecule has 4 rings (SSSR count). The highest BCUT2D eigenvalue weighted by Gasteiger charge is 2.25. The third-order valence-corrected chi connectivity index (χ3v) is 8.40. The predicted molar refractivity (Wildman–Crippen MR) is 157 cm³/mol. The van der Waals surface area contributed by atoms with Gasteiger partial charge in [-0.3, -0.25) is 9.52 Å². The average Bonchev–Trinajstić information content (AvgIpc) is 2.95. The van der Waals surface area contributed by atoms with Crippen LogP contribution < -0.4 is 14.4 Å². The average molecular weight is 550 g/mol. The number of hydrogen-bond acceptors (Lipinski definition) is 5. The van der Waals surface area contributed by atoms with Crippen molar-refractivity contribution in [3.05, 3.63) is 83.4 Å². The fourth-order valence-electron chi connectivity index (χ4n) is 4.64. The number of carbonyl (C=O) groups excluding carboxylic acids is 1. The van der Waals surface area contributed by atoms with Crippen LogP contribution in [0.25, 0.3) is 0 Å². The molecule has 0 spiro atoms. The van der Waals surface area contributed by atoms with Crippen molar-refractivity contribution < 1.29 is 17.9 Å². The molecule has 3 aromatic rings. The van der Waals surface area contributed by atoms with E-state index in [1.807, 2.05) is 43.3 Å². The summed E-state index contributed by atoms with van der Waals surface area (Å²) in [6.07, 6.45) is 4.15. The minimum Gasteiger partial charge on any atom is -0.494 e. The molecule has 1 aliphatic heterocycles. The third kappa shape index (κ3) is 7.32. The summed E-state index contributed by atoms with van der Waals surface area (Å²) in [5.74, 6) is 0.714. The lowest BCUT2D eigenvalue weighted by Crippen LogP contribution is -2.49. The van der Waals surface area contributed by atoms with E-state index in [1.54, 1.807) is 29.2 Å². The van der Waals surface area contributed by atoms with Crippen LogP contribution in [-0.2, 0) is 16.4 Å². The van der Waals surface area contributed by atoms with Crippen molar-refractivity contribution in [2.45, 2.75) is 51.3 Å². The van der Waals surface area contributed by atoms with Crippen LogP contribution in [0, 0.1) is 6.92 Å². The third-order valence-electron chi connectivity index (χ3n) is 7.02. The zero-order valence-corrected chi connectivity index (χ0v) is 24.0. The molecular weight excluding hydrogens is 510 g/mol. The van der Waals surface area contributed by atoms with Crippen molar-refractivity contribution in [2.24, 2.45) is 0 Å². The number of anilines is 2. The smallest absolute Gasteiger partial charge is 0.261 e. The number of carbonyl (C=O) groups is 1. The Morgan fingerprint density at radius 3 is 2.23 bits per heavy atom. The highest BCUT2D eigenvalue weighted by atomic mass is 32.2. The van der Waals surface area contributed by atoms with Crippen molar-refractivity contribution in [1.82, 2.24) is 4.90 Å². The molecule has 1 aliphatic rings. The largest absolute Gasteiger partial charge is 0.494 e. The molecule has 1 amide bonds. The maximum atomic E-state index is 13.4. The molecule has 0 unspecified atom stereocenters. The molecule has 3 aromatic carbocycles. The van der Waals surface area contributed by atoms with Crippen LogP contribution in [0.15, 0.2) is 71.6 Å². The number of ether oxygens (including phenoxy) is 1. The predicted octanol–water partition coefficient (Wildman–Crippen LogP) is 5.89. The summed E-state index contributed by atoms with van der Waals surface area (Å²) in [7, 11) is -3.84. The SMILES string of the molecule is CCCCc1ccc(NS(=O)(=O)c2ccc(C)c(C(=O)N3CCN(c4ccc(OCCC)cc4)CC3)c2)cc1. The van der Waals surface area contributed by atoms with Crippen molar-refractivity contribution in [1.29, 1.82) is 0 Å². The van der Waals surface area contributed by atoms with Crippen molar-refractivity contribution in [3.8, 4) is 5.75 Å². The van der Waals surface area contributed by atoms with Gasteiger partial charge in [0.25, 0.3) is 15.9 Å². The van der Waals surface area contributed by atoms with E-state index >= 15 is 0 Å². The van der Waals surface area contributed by atoms with Crippen molar-refractivity contribution >= 4 is 27.3 Å². The lowest BCUT2D eigenvalue weighted by molar-refractivity contribution is 0.0746. The molecule has 7 nitrogen and oxygen atoms in total.